The minimum absolute atomic E-state index is 0.517. The molecule has 2 fully saturated rings. The summed E-state index contributed by atoms with van der Waals surface area (Å²) in [6, 6.07) is 8.96. The highest BCUT2D eigenvalue weighted by Gasteiger charge is 2.21. The number of halogens is 1. The number of thiocarbonyl (C=S) groups is 1. The van der Waals surface area contributed by atoms with Crippen molar-refractivity contribution in [1.82, 2.24) is 25.3 Å². The van der Waals surface area contributed by atoms with Crippen LogP contribution in [0, 0.1) is 0 Å². The minimum Gasteiger partial charge on any atom is -0.369 e. The van der Waals surface area contributed by atoms with Crippen LogP contribution in [0.15, 0.2) is 47.5 Å². The molecule has 1 aromatic carbocycles. The van der Waals surface area contributed by atoms with Crippen LogP contribution in [-0.4, -0.2) is 43.7 Å². The maximum Gasteiger partial charge on any atom is 0.229 e. The summed E-state index contributed by atoms with van der Waals surface area (Å²) < 4.78 is 0.809. The van der Waals surface area contributed by atoms with Crippen LogP contribution < -0.4 is 27.0 Å². The van der Waals surface area contributed by atoms with Gasteiger partial charge in [0.15, 0.2) is 5.11 Å². The van der Waals surface area contributed by atoms with Crippen molar-refractivity contribution in [3.8, 4) is 0 Å². The second-order valence-corrected chi connectivity index (χ2v) is 9.32. The molecule has 0 saturated heterocycles. The Morgan fingerprint density at radius 2 is 1.85 bits per heavy atom. The minimum atomic E-state index is 0.517. The Balaban J connectivity index is 0.000000586. The van der Waals surface area contributed by atoms with Gasteiger partial charge in [-0.2, -0.15) is 4.98 Å². The van der Waals surface area contributed by atoms with Gasteiger partial charge in [0.25, 0.3) is 0 Å². The topological polar surface area (TPSA) is 129 Å². The van der Waals surface area contributed by atoms with Crippen LogP contribution in [0.5, 0.6) is 0 Å². The van der Waals surface area contributed by atoms with Gasteiger partial charge in [-0.1, -0.05) is 0 Å². The Morgan fingerprint density at radius 1 is 1.12 bits per heavy atom. The fourth-order valence-corrected chi connectivity index (χ4v) is 3.35. The standard InChI is InChI=1S/C19H21BrN8S.C3H7N/c20-16-10-23-18(28-17(16)22-8-7-15-9-21-11-24-15)25-12-1-3-13(4-2-12)26-19(29)27-14-5-6-14;4-3-1-2-3/h1-4,9-11,14H,5-8H2,(H,21,24)(H2,26,27,29)(H2,22,23,25,28);3H,1-2,4H2. The van der Waals surface area contributed by atoms with Gasteiger partial charge in [-0.05, 0) is 78.1 Å². The number of nitrogens with one attached hydrogen (secondary N) is 5. The molecule has 2 heterocycles. The molecule has 2 saturated carbocycles. The molecule has 5 rings (SSSR count). The van der Waals surface area contributed by atoms with Crippen LogP contribution in [0.1, 0.15) is 31.4 Å². The molecule has 0 atom stereocenters. The molecular formula is C22H28BrN9S. The summed E-state index contributed by atoms with van der Waals surface area (Å²) in [5, 5.41) is 13.7. The predicted molar refractivity (Wildman–Crippen MR) is 140 cm³/mol. The lowest BCUT2D eigenvalue weighted by atomic mass is 10.3. The van der Waals surface area contributed by atoms with Gasteiger partial charge < -0.3 is 32.0 Å². The van der Waals surface area contributed by atoms with Crippen molar-refractivity contribution < 1.29 is 0 Å². The number of H-pyrrole nitrogens is 1. The van der Waals surface area contributed by atoms with E-state index in [1.165, 1.54) is 25.7 Å². The molecule has 174 valence electrons. The summed E-state index contributed by atoms with van der Waals surface area (Å²) in [7, 11) is 0. The van der Waals surface area contributed by atoms with Crippen molar-refractivity contribution in [2.45, 2.75) is 44.2 Å². The zero-order valence-electron chi connectivity index (χ0n) is 18.1. The molecular weight excluding hydrogens is 502 g/mol. The average molecular weight is 530 g/mol. The highest BCUT2D eigenvalue weighted by atomic mass is 79.9. The largest absolute Gasteiger partial charge is 0.369 e. The lowest BCUT2D eigenvalue weighted by molar-refractivity contribution is 0.919. The smallest absolute Gasteiger partial charge is 0.229 e. The summed E-state index contributed by atoms with van der Waals surface area (Å²) in [6.07, 6.45) is 11.0. The molecule has 2 aliphatic carbocycles. The summed E-state index contributed by atoms with van der Waals surface area (Å²) in [4.78, 5) is 16.0. The first-order valence-electron chi connectivity index (χ1n) is 11.0. The number of anilines is 4. The van der Waals surface area contributed by atoms with Crippen LogP contribution in [0.3, 0.4) is 0 Å². The molecule has 9 nitrogen and oxygen atoms in total. The highest BCUT2D eigenvalue weighted by molar-refractivity contribution is 9.10. The van der Waals surface area contributed by atoms with E-state index in [2.05, 4.69) is 57.1 Å². The second-order valence-electron chi connectivity index (χ2n) is 8.06. The first kappa shape index (κ1) is 23.4. The van der Waals surface area contributed by atoms with Crippen molar-refractivity contribution in [3.05, 3.63) is 53.2 Å². The summed E-state index contributed by atoms with van der Waals surface area (Å²) in [6.45, 7) is 0.729. The van der Waals surface area contributed by atoms with E-state index in [4.69, 9.17) is 18.0 Å². The molecule has 0 bridgehead atoms. The Labute approximate surface area is 206 Å². The number of nitrogens with two attached hydrogens (primary N) is 1. The van der Waals surface area contributed by atoms with Gasteiger partial charge >= 0.3 is 0 Å². The van der Waals surface area contributed by atoms with Gasteiger partial charge in [-0.25, -0.2) is 9.97 Å². The normalized spacial score (nSPS) is 14.6. The Bertz CT molecular complexity index is 1030. The summed E-state index contributed by atoms with van der Waals surface area (Å²) >= 11 is 8.79. The van der Waals surface area contributed by atoms with E-state index >= 15 is 0 Å². The number of hydrogen-bond donors (Lipinski definition) is 6. The van der Waals surface area contributed by atoms with Crippen molar-refractivity contribution >= 4 is 56.4 Å². The maximum absolute atomic E-state index is 5.30. The highest BCUT2D eigenvalue weighted by Crippen LogP contribution is 2.23. The van der Waals surface area contributed by atoms with Crippen LogP contribution in [0.2, 0.25) is 0 Å². The number of aromatic amines is 1. The zero-order valence-corrected chi connectivity index (χ0v) is 20.5. The third-order valence-electron chi connectivity index (χ3n) is 4.92. The number of aromatic nitrogens is 4. The van der Waals surface area contributed by atoms with Crippen LogP contribution in [0.25, 0.3) is 0 Å². The Morgan fingerprint density at radius 3 is 2.48 bits per heavy atom. The van der Waals surface area contributed by atoms with Crippen molar-refractivity contribution in [2.75, 3.05) is 22.5 Å². The SMILES string of the molecule is NC1CC1.S=C(Nc1ccc(Nc2ncc(Br)c(NCCc3cnc[nH]3)n2)cc1)NC1CC1. The van der Waals surface area contributed by atoms with E-state index in [1.54, 1.807) is 12.5 Å². The van der Waals surface area contributed by atoms with E-state index in [-0.39, 0.29) is 0 Å². The van der Waals surface area contributed by atoms with E-state index < -0.39 is 0 Å². The van der Waals surface area contributed by atoms with Gasteiger partial charge in [0, 0.05) is 54.5 Å². The summed E-state index contributed by atoms with van der Waals surface area (Å²) in [5.41, 5.74) is 8.12. The number of rotatable bonds is 8. The fraction of sp³-hybridized carbons (Fsp3) is 0.364. The lowest BCUT2D eigenvalue weighted by Gasteiger charge is -2.12. The van der Waals surface area contributed by atoms with Crippen LogP contribution in [-0.2, 0) is 6.42 Å². The van der Waals surface area contributed by atoms with Gasteiger partial charge in [0.05, 0.1) is 10.8 Å². The van der Waals surface area contributed by atoms with Crippen LogP contribution in [0.4, 0.5) is 23.1 Å². The maximum atomic E-state index is 5.30. The molecule has 11 heteroatoms. The number of imidazole rings is 1. The Hall–Kier alpha value is -2.76. The first-order chi connectivity index (χ1) is 16.0. The number of hydrogen-bond acceptors (Lipinski definition) is 7. The average Bonchev–Trinajstić information content (AvgIpc) is 3.73. The van der Waals surface area contributed by atoms with Crippen LogP contribution >= 0.6 is 28.1 Å². The van der Waals surface area contributed by atoms with Gasteiger partial charge in [0.2, 0.25) is 5.95 Å². The van der Waals surface area contributed by atoms with Gasteiger partial charge in [0.1, 0.15) is 5.82 Å². The predicted octanol–water partition coefficient (Wildman–Crippen LogP) is 3.92. The molecule has 0 radical (unpaired) electrons. The molecule has 0 aliphatic heterocycles. The van der Waals surface area contributed by atoms with Crippen molar-refractivity contribution in [1.29, 1.82) is 0 Å². The summed E-state index contributed by atoms with van der Waals surface area (Å²) in [5.74, 6) is 1.25. The zero-order chi connectivity index (χ0) is 23.0. The first-order valence-corrected chi connectivity index (χ1v) is 12.2. The van der Waals surface area contributed by atoms with Gasteiger partial charge in [-0.3, -0.25) is 0 Å². The van der Waals surface area contributed by atoms with Crippen molar-refractivity contribution in [2.24, 2.45) is 5.73 Å². The molecule has 0 amide bonds. The van der Waals surface area contributed by atoms with Gasteiger partial charge in [-0.15, -0.1) is 0 Å². The Kier molecular flexibility index (Phi) is 8.08. The molecule has 3 aromatic rings. The number of nitrogens with zero attached hydrogens (tertiary/aromatic N) is 3. The quantitative estimate of drug-likeness (QED) is 0.240. The monoisotopic (exact) mass is 529 g/mol. The second kappa shape index (κ2) is 11.4. The van der Waals surface area contributed by atoms with E-state index in [9.17, 15) is 0 Å². The molecule has 0 unspecified atom stereocenters. The number of benzene rings is 1. The fourth-order valence-electron chi connectivity index (χ4n) is 2.73. The van der Waals surface area contributed by atoms with E-state index in [0.29, 0.717) is 23.1 Å². The third-order valence-corrected chi connectivity index (χ3v) is 5.72. The molecule has 0 spiro atoms. The molecule has 2 aliphatic rings. The molecule has 33 heavy (non-hydrogen) atoms. The van der Waals surface area contributed by atoms with E-state index in [0.717, 1.165) is 40.3 Å². The van der Waals surface area contributed by atoms with Crippen molar-refractivity contribution in [3.63, 3.8) is 0 Å². The third kappa shape index (κ3) is 8.26. The molecule has 2 aromatic heterocycles. The van der Waals surface area contributed by atoms with E-state index in [1.807, 2.05) is 30.5 Å². The lowest BCUT2D eigenvalue weighted by Crippen LogP contribution is -2.30. The molecule has 7 N–H and O–H groups in total.